The molecule has 130 valence electrons. The van der Waals surface area contributed by atoms with Gasteiger partial charge in [-0.25, -0.2) is 4.98 Å². The third-order valence-electron chi connectivity index (χ3n) is 4.80. The zero-order chi connectivity index (χ0) is 17.1. The lowest BCUT2D eigenvalue weighted by Crippen LogP contribution is -2.42. The third kappa shape index (κ3) is 3.42. The van der Waals surface area contributed by atoms with Crippen LogP contribution in [0.3, 0.4) is 0 Å². The van der Waals surface area contributed by atoms with Gasteiger partial charge in [0.2, 0.25) is 17.7 Å². The molecule has 1 aromatic rings. The predicted octanol–water partition coefficient (Wildman–Crippen LogP) is 0.635. The molecule has 1 N–H and O–H groups in total. The van der Waals surface area contributed by atoms with Crippen molar-refractivity contribution in [2.24, 2.45) is 11.8 Å². The molecule has 0 spiro atoms. The molecule has 3 heterocycles. The van der Waals surface area contributed by atoms with Gasteiger partial charge in [-0.15, -0.1) is 0 Å². The number of hydrogen-bond acceptors (Lipinski definition) is 6. The van der Waals surface area contributed by atoms with Crippen LogP contribution in [0.5, 0.6) is 5.88 Å². The van der Waals surface area contributed by atoms with Crippen LogP contribution in [0.1, 0.15) is 19.3 Å². The minimum Gasteiger partial charge on any atom is -0.481 e. The van der Waals surface area contributed by atoms with E-state index < -0.39 is 11.9 Å². The van der Waals surface area contributed by atoms with Crippen LogP contribution in [0.15, 0.2) is 12.3 Å². The van der Waals surface area contributed by atoms with E-state index in [0.29, 0.717) is 44.4 Å². The maximum Gasteiger partial charge on any atom is 0.308 e. The van der Waals surface area contributed by atoms with Gasteiger partial charge in [-0.1, -0.05) is 0 Å². The minimum atomic E-state index is -0.810. The van der Waals surface area contributed by atoms with Crippen molar-refractivity contribution >= 4 is 17.8 Å². The zero-order valence-corrected chi connectivity index (χ0v) is 13.7. The first-order valence-corrected chi connectivity index (χ1v) is 8.22. The Labute approximate surface area is 140 Å². The number of carbonyl (C=O) groups excluding carboxylic acids is 1. The Bertz CT molecular complexity index is 616. The second kappa shape index (κ2) is 7.02. The Morgan fingerprint density at radius 3 is 2.54 bits per heavy atom. The number of carboxylic acids is 1. The van der Waals surface area contributed by atoms with Crippen molar-refractivity contribution in [2.45, 2.75) is 19.3 Å². The van der Waals surface area contributed by atoms with E-state index in [1.54, 1.807) is 24.3 Å². The minimum absolute atomic E-state index is 0.0422. The molecule has 2 aliphatic rings. The summed E-state index contributed by atoms with van der Waals surface area (Å²) in [5.74, 6) is -0.0405. The van der Waals surface area contributed by atoms with Crippen LogP contribution in [0.4, 0.5) is 5.95 Å². The van der Waals surface area contributed by atoms with Gasteiger partial charge in [-0.3, -0.25) is 9.59 Å². The van der Waals surface area contributed by atoms with Crippen LogP contribution in [0.25, 0.3) is 0 Å². The van der Waals surface area contributed by atoms with Crippen molar-refractivity contribution in [1.29, 1.82) is 0 Å². The summed E-state index contributed by atoms with van der Waals surface area (Å²) in [7, 11) is 1.57. The van der Waals surface area contributed by atoms with Crippen molar-refractivity contribution in [3.05, 3.63) is 12.3 Å². The summed E-state index contributed by atoms with van der Waals surface area (Å²) >= 11 is 0. The van der Waals surface area contributed by atoms with Crippen LogP contribution in [0, 0.1) is 11.8 Å². The van der Waals surface area contributed by atoms with Gasteiger partial charge in [0.25, 0.3) is 0 Å². The first-order chi connectivity index (χ1) is 11.6. The van der Waals surface area contributed by atoms with Gasteiger partial charge in [0, 0.05) is 44.4 Å². The number of anilines is 1. The largest absolute Gasteiger partial charge is 0.481 e. The van der Waals surface area contributed by atoms with Crippen molar-refractivity contribution in [3.8, 4) is 5.88 Å². The molecule has 2 fully saturated rings. The molecule has 0 bridgehead atoms. The van der Waals surface area contributed by atoms with E-state index in [9.17, 15) is 9.59 Å². The molecule has 0 aliphatic carbocycles. The number of carbonyl (C=O) groups is 2. The molecule has 0 radical (unpaired) electrons. The lowest BCUT2D eigenvalue weighted by Gasteiger charge is -2.33. The molecule has 24 heavy (non-hydrogen) atoms. The summed E-state index contributed by atoms with van der Waals surface area (Å²) in [6.07, 6.45) is 3.67. The molecule has 8 heteroatoms. The molecule has 0 aromatic carbocycles. The number of rotatable bonds is 4. The summed E-state index contributed by atoms with van der Waals surface area (Å²) < 4.78 is 5.12. The highest BCUT2D eigenvalue weighted by Crippen LogP contribution is 2.26. The van der Waals surface area contributed by atoms with Gasteiger partial charge >= 0.3 is 5.97 Å². The number of likely N-dealkylation sites (tertiary alicyclic amines) is 1. The molecule has 0 saturated carbocycles. The molecular formula is C16H22N4O4. The van der Waals surface area contributed by atoms with Gasteiger partial charge in [0.05, 0.1) is 13.0 Å². The monoisotopic (exact) mass is 334 g/mol. The fraction of sp³-hybridized carbons (Fsp3) is 0.625. The van der Waals surface area contributed by atoms with Crippen molar-refractivity contribution < 1.29 is 19.4 Å². The molecule has 3 rings (SSSR count). The fourth-order valence-electron chi connectivity index (χ4n) is 3.35. The Hall–Kier alpha value is -2.38. The molecule has 2 aliphatic heterocycles. The number of hydrogen-bond donors (Lipinski definition) is 1. The summed E-state index contributed by atoms with van der Waals surface area (Å²) in [5.41, 5.74) is 0. The van der Waals surface area contributed by atoms with Crippen LogP contribution in [-0.2, 0) is 9.59 Å². The maximum absolute atomic E-state index is 12.6. The van der Waals surface area contributed by atoms with E-state index in [0.717, 1.165) is 12.8 Å². The number of aliphatic carboxylic acids is 1. The summed E-state index contributed by atoms with van der Waals surface area (Å²) in [4.78, 5) is 36.0. The summed E-state index contributed by atoms with van der Waals surface area (Å²) in [6.45, 7) is 2.31. The van der Waals surface area contributed by atoms with Crippen molar-refractivity contribution in [2.75, 3.05) is 38.2 Å². The number of piperidine rings is 1. The van der Waals surface area contributed by atoms with Crippen molar-refractivity contribution in [3.63, 3.8) is 0 Å². The Morgan fingerprint density at radius 1 is 1.21 bits per heavy atom. The van der Waals surface area contributed by atoms with Crippen molar-refractivity contribution in [1.82, 2.24) is 14.9 Å². The van der Waals surface area contributed by atoms with Crippen LogP contribution in [0.2, 0.25) is 0 Å². The van der Waals surface area contributed by atoms with E-state index in [1.807, 2.05) is 0 Å². The van der Waals surface area contributed by atoms with Crippen LogP contribution in [-0.4, -0.2) is 65.1 Å². The van der Waals surface area contributed by atoms with E-state index >= 15 is 0 Å². The number of carboxylic acid groups (broad SMARTS) is 1. The summed E-state index contributed by atoms with van der Waals surface area (Å²) in [5, 5.41) is 9.06. The van der Waals surface area contributed by atoms with Gasteiger partial charge in [-0.05, 0) is 19.3 Å². The number of amides is 1. The first kappa shape index (κ1) is 16.5. The topological polar surface area (TPSA) is 95.9 Å². The maximum atomic E-state index is 12.6. The first-order valence-electron chi connectivity index (χ1n) is 8.22. The Balaban J connectivity index is 1.55. The van der Waals surface area contributed by atoms with Gasteiger partial charge in [-0.2, -0.15) is 4.98 Å². The van der Waals surface area contributed by atoms with E-state index in [4.69, 9.17) is 9.84 Å². The zero-order valence-electron chi connectivity index (χ0n) is 13.7. The highest BCUT2D eigenvalue weighted by Gasteiger charge is 2.35. The van der Waals surface area contributed by atoms with E-state index in [1.165, 1.54) is 0 Å². The standard InChI is InChI=1S/C16H22N4O4/c1-24-13-2-6-17-16(18-13)19-7-3-11(4-8-19)14(21)20-9-5-12(10-20)15(22)23/h2,6,11-12H,3-5,7-10H2,1H3,(H,22,23)/t12-/m0/s1. The summed E-state index contributed by atoms with van der Waals surface area (Å²) in [6, 6.07) is 1.70. The van der Waals surface area contributed by atoms with Gasteiger partial charge < -0.3 is 19.6 Å². The number of ether oxygens (including phenoxy) is 1. The predicted molar refractivity (Wildman–Crippen MR) is 85.8 cm³/mol. The molecule has 1 aromatic heterocycles. The fourth-order valence-corrected chi connectivity index (χ4v) is 3.35. The van der Waals surface area contributed by atoms with Crippen LogP contribution < -0.4 is 9.64 Å². The Kier molecular flexibility index (Phi) is 4.82. The third-order valence-corrected chi connectivity index (χ3v) is 4.80. The normalized spacial score (nSPS) is 21.8. The van der Waals surface area contributed by atoms with E-state index in [2.05, 4.69) is 14.9 Å². The molecule has 1 amide bonds. The van der Waals surface area contributed by atoms with Crippen LogP contribution >= 0.6 is 0 Å². The lowest BCUT2D eigenvalue weighted by molar-refractivity contribution is -0.141. The second-order valence-corrected chi connectivity index (χ2v) is 6.27. The molecule has 0 unspecified atom stereocenters. The number of nitrogens with zero attached hydrogens (tertiary/aromatic N) is 4. The molecule has 2 saturated heterocycles. The Morgan fingerprint density at radius 2 is 1.92 bits per heavy atom. The molecule has 8 nitrogen and oxygen atoms in total. The number of methoxy groups -OCH3 is 1. The smallest absolute Gasteiger partial charge is 0.308 e. The SMILES string of the molecule is COc1ccnc(N2CCC(C(=O)N3CC[C@H](C(=O)O)C3)CC2)n1. The molecule has 1 atom stereocenters. The van der Waals surface area contributed by atoms with E-state index in [-0.39, 0.29) is 11.8 Å². The van der Waals surface area contributed by atoms with Gasteiger partial charge in [0.15, 0.2) is 0 Å². The second-order valence-electron chi connectivity index (χ2n) is 6.27. The van der Waals surface area contributed by atoms with Gasteiger partial charge in [0.1, 0.15) is 0 Å². The average Bonchev–Trinajstić information content (AvgIpc) is 3.12. The quantitative estimate of drug-likeness (QED) is 0.863. The highest BCUT2D eigenvalue weighted by atomic mass is 16.5. The lowest BCUT2D eigenvalue weighted by atomic mass is 9.95. The number of aromatic nitrogens is 2. The highest BCUT2D eigenvalue weighted by molar-refractivity contribution is 5.81. The molecular weight excluding hydrogens is 312 g/mol. The average molecular weight is 334 g/mol.